The van der Waals surface area contributed by atoms with Gasteiger partial charge in [-0.05, 0) is 44.1 Å². The topological polar surface area (TPSA) is 74.8 Å². The Kier molecular flexibility index (Phi) is 5.08. The first-order valence-electron chi connectivity index (χ1n) is 8.42. The van der Waals surface area contributed by atoms with Crippen LogP contribution < -0.4 is 5.32 Å². The summed E-state index contributed by atoms with van der Waals surface area (Å²) in [6.07, 6.45) is 7.18. The third kappa shape index (κ3) is 4.02. The summed E-state index contributed by atoms with van der Waals surface area (Å²) in [7, 11) is -3.36. The van der Waals surface area contributed by atoms with Crippen LogP contribution in [0, 0.1) is 0 Å². The molecule has 0 bridgehead atoms. The number of sulfone groups is 1. The first-order chi connectivity index (χ1) is 12.0. The van der Waals surface area contributed by atoms with Gasteiger partial charge in [0.25, 0.3) is 0 Å². The van der Waals surface area contributed by atoms with Crippen molar-refractivity contribution in [1.82, 2.24) is 15.3 Å². The van der Waals surface area contributed by atoms with E-state index in [-0.39, 0.29) is 5.88 Å². The number of rotatable bonds is 7. The summed E-state index contributed by atoms with van der Waals surface area (Å²) in [6, 6.07) is 8.45. The number of nitrogens with one attached hydrogen (secondary N) is 2. The van der Waals surface area contributed by atoms with E-state index < -0.39 is 9.84 Å². The SMILES string of the molecule is C=Cc1nc(C2CCC2)[nH]c1/C=C(\C)NCS(=O)(=O)c1ccccc1. The molecule has 1 aromatic heterocycles. The predicted octanol–water partition coefficient (Wildman–Crippen LogP) is 3.70. The third-order valence-electron chi connectivity index (χ3n) is 4.47. The van der Waals surface area contributed by atoms with E-state index in [1.165, 1.54) is 19.3 Å². The van der Waals surface area contributed by atoms with E-state index in [0.717, 1.165) is 22.9 Å². The molecule has 2 aromatic rings. The van der Waals surface area contributed by atoms with Crippen molar-refractivity contribution in [1.29, 1.82) is 0 Å². The summed E-state index contributed by atoms with van der Waals surface area (Å²) in [6.45, 7) is 5.66. The van der Waals surface area contributed by atoms with Gasteiger partial charge in [0, 0.05) is 11.6 Å². The molecule has 1 aliphatic carbocycles. The lowest BCUT2D eigenvalue weighted by Crippen LogP contribution is -2.21. The zero-order valence-electron chi connectivity index (χ0n) is 14.3. The highest BCUT2D eigenvalue weighted by molar-refractivity contribution is 7.91. The highest BCUT2D eigenvalue weighted by Crippen LogP contribution is 2.35. The largest absolute Gasteiger partial charge is 0.375 e. The molecule has 2 N–H and O–H groups in total. The molecule has 1 aromatic carbocycles. The molecule has 132 valence electrons. The molecule has 0 atom stereocenters. The van der Waals surface area contributed by atoms with Crippen molar-refractivity contribution in [2.24, 2.45) is 0 Å². The molecule has 3 rings (SSSR count). The number of hydrogen-bond donors (Lipinski definition) is 2. The normalized spacial score (nSPS) is 15.6. The monoisotopic (exact) mass is 357 g/mol. The maximum Gasteiger partial charge on any atom is 0.196 e. The van der Waals surface area contributed by atoms with Crippen molar-refractivity contribution in [3.05, 3.63) is 59.8 Å². The van der Waals surface area contributed by atoms with Crippen molar-refractivity contribution in [3.8, 4) is 0 Å². The summed E-state index contributed by atoms with van der Waals surface area (Å²) in [5.74, 6) is 1.36. The molecule has 1 aliphatic rings. The summed E-state index contributed by atoms with van der Waals surface area (Å²) >= 11 is 0. The van der Waals surface area contributed by atoms with Crippen LogP contribution >= 0.6 is 0 Å². The summed E-state index contributed by atoms with van der Waals surface area (Å²) in [5, 5.41) is 2.98. The molecule has 1 heterocycles. The van der Waals surface area contributed by atoms with Crippen molar-refractivity contribution >= 4 is 22.0 Å². The van der Waals surface area contributed by atoms with Crippen LogP contribution in [0.2, 0.25) is 0 Å². The van der Waals surface area contributed by atoms with Gasteiger partial charge in [-0.2, -0.15) is 0 Å². The Bertz CT molecular complexity index is 879. The lowest BCUT2D eigenvalue weighted by molar-refractivity contribution is 0.404. The Morgan fingerprint density at radius 3 is 2.68 bits per heavy atom. The van der Waals surface area contributed by atoms with Gasteiger partial charge in [-0.1, -0.05) is 31.2 Å². The fraction of sp³-hybridized carbons (Fsp3) is 0.316. The highest BCUT2D eigenvalue weighted by Gasteiger charge is 2.23. The molecular formula is C19H23N3O2S. The first kappa shape index (κ1) is 17.5. The maximum absolute atomic E-state index is 12.3. The number of benzene rings is 1. The van der Waals surface area contributed by atoms with Crippen molar-refractivity contribution in [2.75, 3.05) is 5.88 Å². The highest BCUT2D eigenvalue weighted by atomic mass is 32.2. The van der Waals surface area contributed by atoms with E-state index in [9.17, 15) is 8.42 Å². The Labute approximate surface area is 148 Å². The van der Waals surface area contributed by atoms with E-state index in [1.807, 2.05) is 13.0 Å². The van der Waals surface area contributed by atoms with Gasteiger partial charge in [0.15, 0.2) is 9.84 Å². The minimum absolute atomic E-state index is 0.146. The van der Waals surface area contributed by atoms with Crippen LogP contribution in [-0.2, 0) is 9.84 Å². The molecule has 1 saturated carbocycles. The van der Waals surface area contributed by atoms with Crippen molar-refractivity contribution in [2.45, 2.75) is 37.0 Å². The molecule has 5 nitrogen and oxygen atoms in total. The lowest BCUT2D eigenvalue weighted by atomic mass is 9.85. The van der Waals surface area contributed by atoms with Gasteiger partial charge < -0.3 is 10.3 Å². The van der Waals surface area contributed by atoms with Gasteiger partial charge in [-0.3, -0.25) is 0 Å². The first-order valence-corrected chi connectivity index (χ1v) is 10.1. The molecule has 0 spiro atoms. The zero-order valence-corrected chi connectivity index (χ0v) is 15.1. The second-order valence-corrected chi connectivity index (χ2v) is 8.32. The zero-order chi connectivity index (χ0) is 17.9. The van der Waals surface area contributed by atoms with Crippen LogP contribution in [0.4, 0.5) is 0 Å². The Hall–Kier alpha value is -2.34. The van der Waals surface area contributed by atoms with E-state index in [4.69, 9.17) is 0 Å². The standard InChI is InChI=1S/C19H23N3O2S/c1-3-17-18(22-19(21-17)15-8-7-9-15)12-14(2)20-13-25(23,24)16-10-5-4-6-11-16/h3-6,10-12,15,20H,1,7-9,13H2,2H3,(H,21,22)/b14-12+. The summed E-state index contributed by atoms with van der Waals surface area (Å²) in [4.78, 5) is 8.26. The quantitative estimate of drug-likeness (QED) is 0.792. The van der Waals surface area contributed by atoms with Gasteiger partial charge in [-0.25, -0.2) is 13.4 Å². The Morgan fingerprint density at radius 1 is 1.36 bits per heavy atom. The van der Waals surface area contributed by atoms with Gasteiger partial charge >= 0.3 is 0 Å². The van der Waals surface area contributed by atoms with Crippen molar-refractivity contribution in [3.63, 3.8) is 0 Å². The molecule has 0 unspecified atom stereocenters. The molecule has 6 heteroatoms. The average Bonchev–Trinajstić information content (AvgIpc) is 2.94. The van der Waals surface area contributed by atoms with Gasteiger partial charge in [-0.15, -0.1) is 0 Å². The van der Waals surface area contributed by atoms with Crippen LogP contribution in [0.5, 0.6) is 0 Å². The molecule has 0 radical (unpaired) electrons. The van der Waals surface area contributed by atoms with E-state index in [2.05, 4.69) is 21.9 Å². The number of imidazole rings is 1. The van der Waals surface area contributed by atoms with E-state index >= 15 is 0 Å². The molecule has 0 amide bonds. The van der Waals surface area contributed by atoms with Crippen LogP contribution in [0.3, 0.4) is 0 Å². The number of nitrogens with zero attached hydrogens (tertiary/aromatic N) is 1. The minimum atomic E-state index is -3.36. The van der Waals surface area contributed by atoms with Gasteiger partial charge in [0.05, 0.1) is 16.3 Å². The third-order valence-corrected chi connectivity index (χ3v) is 5.98. The van der Waals surface area contributed by atoms with Crippen LogP contribution in [0.1, 0.15) is 49.3 Å². The maximum atomic E-state index is 12.3. The number of allylic oxidation sites excluding steroid dienone is 1. The summed E-state index contributed by atoms with van der Waals surface area (Å²) < 4.78 is 24.7. The Morgan fingerprint density at radius 2 is 2.08 bits per heavy atom. The molecule has 25 heavy (non-hydrogen) atoms. The molecule has 1 fully saturated rings. The molecule has 0 aliphatic heterocycles. The Balaban J connectivity index is 1.71. The average molecular weight is 357 g/mol. The minimum Gasteiger partial charge on any atom is -0.375 e. The van der Waals surface area contributed by atoms with E-state index in [0.29, 0.717) is 10.8 Å². The van der Waals surface area contributed by atoms with Crippen LogP contribution in [0.25, 0.3) is 12.2 Å². The van der Waals surface area contributed by atoms with Crippen LogP contribution in [-0.4, -0.2) is 24.3 Å². The van der Waals surface area contributed by atoms with Crippen molar-refractivity contribution < 1.29 is 8.42 Å². The smallest absolute Gasteiger partial charge is 0.196 e. The van der Waals surface area contributed by atoms with E-state index in [1.54, 1.807) is 36.4 Å². The fourth-order valence-corrected chi connectivity index (χ4v) is 3.90. The predicted molar refractivity (Wildman–Crippen MR) is 101 cm³/mol. The second kappa shape index (κ2) is 7.27. The molecule has 0 saturated heterocycles. The second-order valence-electron chi connectivity index (χ2n) is 6.33. The van der Waals surface area contributed by atoms with Gasteiger partial charge in [0.1, 0.15) is 11.7 Å². The van der Waals surface area contributed by atoms with Gasteiger partial charge in [0.2, 0.25) is 0 Å². The molecular weight excluding hydrogens is 334 g/mol. The number of aromatic nitrogens is 2. The number of aromatic amines is 1. The van der Waals surface area contributed by atoms with Crippen LogP contribution in [0.15, 0.2) is 47.5 Å². The fourth-order valence-electron chi connectivity index (χ4n) is 2.75. The number of hydrogen-bond acceptors (Lipinski definition) is 4. The number of H-pyrrole nitrogens is 1. The lowest BCUT2D eigenvalue weighted by Gasteiger charge is -2.22. The summed E-state index contributed by atoms with van der Waals surface area (Å²) in [5.41, 5.74) is 2.42.